The van der Waals surface area contributed by atoms with Crippen LogP contribution < -0.4 is 65.5 Å². The quantitative estimate of drug-likeness (QED) is 0.0209. The first-order chi connectivity index (χ1) is 27.2. The number of carbonyl (C=O) groups is 10. The third-order valence-corrected chi connectivity index (χ3v) is 8.99. The highest BCUT2D eigenvalue weighted by Crippen LogP contribution is 2.10. The van der Waals surface area contributed by atoms with Crippen molar-refractivity contribution in [1.82, 2.24) is 42.5 Å². The molecule has 0 radical (unpaired) electrons. The van der Waals surface area contributed by atoms with E-state index in [0.717, 1.165) is 6.42 Å². The van der Waals surface area contributed by atoms with E-state index < -0.39 is 114 Å². The van der Waals surface area contributed by atoms with Gasteiger partial charge in [0.15, 0.2) is 5.96 Å². The van der Waals surface area contributed by atoms with Gasteiger partial charge in [-0.3, -0.25) is 48.1 Å². The fourth-order valence-corrected chi connectivity index (χ4v) is 5.48. The Morgan fingerprint density at radius 1 is 0.707 bits per heavy atom. The number of primary amides is 2. The number of nitrogens with zero attached hydrogens (tertiary/aromatic N) is 1. The second-order valence-electron chi connectivity index (χ2n) is 13.8. The van der Waals surface area contributed by atoms with Gasteiger partial charge in [0.1, 0.15) is 30.2 Å². The highest BCUT2D eigenvalue weighted by atomic mass is 16.4. The molecular formula is C34H59N13O11. The van der Waals surface area contributed by atoms with Crippen LogP contribution in [0.2, 0.25) is 0 Å². The van der Waals surface area contributed by atoms with Crippen molar-refractivity contribution < 1.29 is 53.1 Å². The molecule has 326 valence electrons. The number of carbonyl (C=O) groups excluding carboxylic acids is 9. The summed E-state index contributed by atoms with van der Waals surface area (Å²) >= 11 is 0. The summed E-state index contributed by atoms with van der Waals surface area (Å²) in [4.78, 5) is 128. The van der Waals surface area contributed by atoms with E-state index in [1.54, 1.807) is 13.8 Å². The van der Waals surface area contributed by atoms with E-state index in [2.05, 4.69) is 47.5 Å². The molecule has 58 heavy (non-hydrogen) atoms. The second-order valence-corrected chi connectivity index (χ2v) is 13.8. The minimum Gasteiger partial charge on any atom is -0.480 e. The fourth-order valence-electron chi connectivity index (χ4n) is 5.48. The van der Waals surface area contributed by atoms with Gasteiger partial charge in [-0.1, -0.05) is 20.3 Å². The van der Waals surface area contributed by atoms with Gasteiger partial charge in [-0.25, -0.2) is 4.79 Å². The van der Waals surface area contributed by atoms with Gasteiger partial charge in [-0.05, 0) is 57.9 Å². The fraction of sp³-hybridized carbons (Fsp3) is 0.676. The smallest absolute Gasteiger partial charge is 0.326 e. The molecule has 7 atom stereocenters. The average molecular weight is 826 g/mol. The molecule has 24 heteroatoms. The maximum Gasteiger partial charge on any atom is 0.326 e. The van der Waals surface area contributed by atoms with Crippen molar-refractivity contribution in [1.29, 1.82) is 0 Å². The highest BCUT2D eigenvalue weighted by molar-refractivity contribution is 5.96. The van der Waals surface area contributed by atoms with E-state index in [4.69, 9.17) is 22.9 Å². The van der Waals surface area contributed by atoms with E-state index >= 15 is 0 Å². The van der Waals surface area contributed by atoms with Crippen LogP contribution in [-0.4, -0.2) is 133 Å². The van der Waals surface area contributed by atoms with E-state index in [0.29, 0.717) is 19.4 Å². The van der Waals surface area contributed by atoms with Gasteiger partial charge in [0.2, 0.25) is 53.2 Å². The van der Waals surface area contributed by atoms with Crippen LogP contribution in [0.5, 0.6) is 0 Å². The molecule has 1 fully saturated rings. The summed E-state index contributed by atoms with van der Waals surface area (Å²) in [6.07, 6.45) is 0.940. The van der Waals surface area contributed by atoms with E-state index in [1.807, 2.05) is 0 Å². The number of nitrogens with one attached hydrogen (secondary N) is 8. The molecule has 0 bridgehead atoms. The Balaban J connectivity index is 2.81. The van der Waals surface area contributed by atoms with Crippen molar-refractivity contribution in [3.8, 4) is 0 Å². The standard InChI is InChI=1S/C34H59N13O11/c1-4-17(2)27(47-26(51)16-42-29(53)20(9-11-23(35)48)45-30(54)19-7-5-13-39-19)32(56)43-18(3)28(52)41-15-25(50)44-21(10-12-24(36)49)31(55)46-22(33(57)58)8-6-14-40-34(37)38/h17-22,27,39H,4-16H2,1-3H3,(H2,35,48)(H2,36,49)(H,41,52)(H,42,53)(H,43,56)(H,44,50)(H,45,54)(H,46,55)(H,47,51)(H,57,58)(H4,37,38,40)/t17-,18-,19-,20-,21-,22+,27-/m0/s1. The van der Waals surface area contributed by atoms with E-state index in [9.17, 15) is 53.1 Å². The van der Waals surface area contributed by atoms with Crippen molar-refractivity contribution in [2.45, 2.75) is 115 Å². The van der Waals surface area contributed by atoms with Crippen molar-refractivity contribution in [3.05, 3.63) is 0 Å². The molecule has 24 nitrogen and oxygen atoms in total. The summed E-state index contributed by atoms with van der Waals surface area (Å²) in [6, 6.07) is -6.87. The normalized spacial score (nSPS) is 16.4. The summed E-state index contributed by atoms with van der Waals surface area (Å²) in [5.41, 5.74) is 20.9. The molecule has 0 aromatic rings. The molecule has 0 saturated carbocycles. The van der Waals surface area contributed by atoms with Gasteiger partial charge >= 0.3 is 5.97 Å². The minimum atomic E-state index is -1.41. The van der Waals surface area contributed by atoms with Gasteiger partial charge in [0.25, 0.3) is 0 Å². The van der Waals surface area contributed by atoms with Crippen molar-refractivity contribution in [2.75, 3.05) is 26.2 Å². The lowest BCUT2D eigenvalue weighted by atomic mass is 9.98. The summed E-state index contributed by atoms with van der Waals surface area (Å²) in [5.74, 6) is -8.87. The molecule has 0 aromatic carbocycles. The van der Waals surface area contributed by atoms with Gasteiger partial charge in [0, 0.05) is 19.4 Å². The molecule has 0 unspecified atom stereocenters. The van der Waals surface area contributed by atoms with Crippen LogP contribution in [0.4, 0.5) is 0 Å². The van der Waals surface area contributed by atoms with E-state index in [-0.39, 0.29) is 51.0 Å². The van der Waals surface area contributed by atoms with Gasteiger partial charge in [0.05, 0.1) is 19.1 Å². The molecule has 1 saturated heterocycles. The highest BCUT2D eigenvalue weighted by Gasteiger charge is 2.31. The van der Waals surface area contributed by atoms with Crippen LogP contribution in [0.25, 0.3) is 0 Å². The zero-order chi connectivity index (χ0) is 43.9. The first-order valence-corrected chi connectivity index (χ1v) is 18.9. The molecule has 9 amide bonds. The lowest BCUT2D eigenvalue weighted by Crippen LogP contribution is -2.57. The maximum atomic E-state index is 13.3. The van der Waals surface area contributed by atoms with Crippen LogP contribution in [0, 0.1) is 5.92 Å². The minimum absolute atomic E-state index is 0.0638. The first kappa shape index (κ1) is 49.9. The van der Waals surface area contributed by atoms with Crippen LogP contribution in [0.3, 0.4) is 0 Å². The zero-order valence-electron chi connectivity index (χ0n) is 33.0. The van der Waals surface area contributed by atoms with Crippen molar-refractivity contribution in [2.24, 2.45) is 33.8 Å². The Morgan fingerprint density at radius 3 is 1.79 bits per heavy atom. The number of hydrogen-bond acceptors (Lipinski definition) is 12. The number of amides is 9. The zero-order valence-corrected chi connectivity index (χ0v) is 33.0. The molecular weight excluding hydrogens is 766 g/mol. The molecule has 1 aliphatic heterocycles. The van der Waals surface area contributed by atoms with Crippen molar-refractivity contribution >= 4 is 65.1 Å². The Labute approximate surface area is 335 Å². The van der Waals surface area contributed by atoms with Gasteiger partial charge < -0.3 is 70.6 Å². The van der Waals surface area contributed by atoms with Crippen LogP contribution >= 0.6 is 0 Å². The number of aliphatic carboxylic acids is 1. The predicted octanol–water partition coefficient (Wildman–Crippen LogP) is -5.87. The summed E-state index contributed by atoms with van der Waals surface area (Å²) in [7, 11) is 0. The summed E-state index contributed by atoms with van der Waals surface area (Å²) in [5, 5.41) is 29.4. The first-order valence-electron chi connectivity index (χ1n) is 18.9. The van der Waals surface area contributed by atoms with Crippen LogP contribution in [0.1, 0.15) is 78.6 Å². The summed E-state index contributed by atoms with van der Waals surface area (Å²) in [6.45, 7) is 4.18. The number of hydrogen-bond donors (Lipinski definition) is 13. The summed E-state index contributed by atoms with van der Waals surface area (Å²) < 4.78 is 0. The number of guanidine groups is 1. The lowest BCUT2D eigenvalue weighted by Gasteiger charge is -2.26. The van der Waals surface area contributed by atoms with Crippen LogP contribution in [-0.2, 0) is 47.9 Å². The molecule has 17 N–H and O–H groups in total. The number of carboxylic acids is 1. The number of aliphatic imine (C=N–C) groups is 1. The van der Waals surface area contributed by atoms with Gasteiger partial charge in [-0.2, -0.15) is 0 Å². The Hall–Kier alpha value is -6.07. The Morgan fingerprint density at radius 2 is 1.28 bits per heavy atom. The van der Waals surface area contributed by atoms with Crippen LogP contribution in [0.15, 0.2) is 4.99 Å². The molecule has 1 heterocycles. The number of nitrogens with two attached hydrogens (primary N) is 4. The number of carboxylic acid groups (broad SMARTS) is 1. The average Bonchev–Trinajstić information content (AvgIpc) is 3.71. The monoisotopic (exact) mass is 825 g/mol. The third-order valence-electron chi connectivity index (χ3n) is 8.99. The maximum absolute atomic E-state index is 13.3. The molecule has 1 rings (SSSR count). The molecule has 0 aliphatic carbocycles. The molecule has 0 spiro atoms. The molecule has 1 aliphatic rings. The third kappa shape index (κ3) is 19.7. The molecule has 0 aromatic heterocycles. The predicted molar refractivity (Wildman–Crippen MR) is 206 cm³/mol. The van der Waals surface area contributed by atoms with Gasteiger partial charge in [-0.15, -0.1) is 0 Å². The topological polar surface area (TPSA) is 404 Å². The SMILES string of the molecule is CC[C@H](C)[C@H](NC(=O)CNC(=O)[C@H](CCC(N)=O)NC(=O)[C@@H]1CCCN1)C(=O)N[C@@H](C)C(=O)NCC(=O)N[C@@H](CCC(N)=O)C(=O)N[C@H](CCCN=C(N)N)C(=O)O. The Kier molecular flexibility index (Phi) is 22.4. The largest absolute Gasteiger partial charge is 0.480 e. The lowest BCUT2D eigenvalue weighted by molar-refractivity contribution is -0.142. The van der Waals surface area contributed by atoms with Crippen molar-refractivity contribution in [3.63, 3.8) is 0 Å². The number of rotatable bonds is 27. The second kappa shape index (κ2) is 26.0. The Bertz CT molecular complexity index is 1520. The van der Waals surface area contributed by atoms with E-state index in [1.165, 1.54) is 6.92 Å².